The first-order valence-corrected chi connectivity index (χ1v) is 8.92. The Bertz CT molecular complexity index is 790. The van der Waals surface area contributed by atoms with Crippen molar-refractivity contribution in [2.45, 2.75) is 26.2 Å². The molecular formula is C18H19FN2O3S. The molecule has 2 aromatic rings. The van der Waals surface area contributed by atoms with Crippen molar-refractivity contribution in [1.82, 2.24) is 9.88 Å². The lowest BCUT2D eigenvalue weighted by Gasteiger charge is -2.19. The van der Waals surface area contributed by atoms with Gasteiger partial charge >= 0.3 is 5.97 Å². The molecule has 1 aliphatic heterocycles. The zero-order valence-electron chi connectivity index (χ0n) is 13.9. The summed E-state index contributed by atoms with van der Waals surface area (Å²) in [6.07, 6.45) is 1.25. The van der Waals surface area contributed by atoms with Gasteiger partial charge in [0.1, 0.15) is 5.82 Å². The number of aromatic nitrogens is 1. The molecule has 7 heteroatoms. The quantitative estimate of drug-likeness (QED) is 0.888. The average Bonchev–Trinajstić information content (AvgIpc) is 3.17. The number of hydrogen-bond donors (Lipinski definition) is 1. The fourth-order valence-electron chi connectivity index (χ4n) is 2.90. The number of halogens is 1. The second-order valence-corrected chi connectivity index (χ2v) is 7.59. The van der Waals surface area contributed by atoms with Gasteiger partial charge in [-0.15, -0.1) is 11.3 Å². The Morgan fingerprint density at radius 3 is 2.72 bits per heavy atom. The van der Waals surface area contributed by atoms with E-state index in [4.69, 9.17) is 0 Å². The van der Waals surface area contributed by atoms with Crippen LogP contribution in [0.4, 0.5) is 4.39 Å². The van der Waals surface area contributed by atoms with Crippen LogP contribution in [0.3, 0.4) is 0 Å². The summed E-state index contributed by atoms with van der Waals surface area (Å²) in [5, 5.41) is 12.0. The second-order valence-electron chi connectivity index (χ2n) is 6.64. The van der Waals surface area contributed by atoms with Crippen molar-refractivity contribution < 1.29 is 19.1 Å². The highest BCUT2D eigenvalue weighted by molar-refractivity contribution is 7.09. The molecule has 1 unspecified atom stereocenters. The first kappa shape index (κ1) is 17.5. The number of carbonyl (C=O) groups excluding carboxylic acids is 1. The second kappa shape index (κ2) is 6.92. The topological polar surface area (TPSA) is 70.5 Å². The van der Waals surface area contributed by atoms with Crippen LogP contribution in [0, 0.1) is 11.2 Å². The smallest absolute Gasteiger partial charge is 0.311 e. The van der Waals surface area contributed by atoms with Crippen molar-refractivity contribution in [3.8, 4) is 0 Å². The van der Waals surface area contributed by atoms with Crippen LogP contribution < -0.4 is 0 Å². The van der Waals surface area contributed by atoms with E-state index in [1.165, 1.54) is 23.5 Å². The van der Waals surface area contributed by atoms with Crippen LogP contribution in [0.2, 0.25) is 0 Å². The summed E-state index contributed by atoms with van der Waals surface area (Å²) < 4.78 is 12.9. The largest absolute Gasteiger partial charge is 0.481 e. The van der Waals surface area contributed by atoms with Gasteiger partial charge < -0.3 is 10.0 Å². The van der Waals surface area contributed by atoms with Gasteiger partial charge in [-0.3, -0.25) is 9.59 Å². The fraction of sp³-hybridized carbons (Fsp3) is 0.389. The molecule has 1 aliphatic rings. The van der Waals surface area contributed by atoms with Crippen molar-refractivity contribution in [2.75, 3.05) is 13.1 Å². The van der Waals surface area contributed by atoms with Crippen LogP contribution in [0.25, 0.3) is 0 Å². The van der Waals surface area contributed by atoms with Gasteiger partial charge in [0.15, 0.2) is 0 Å². The summed E-state index contributed by atoms with van der Waals surface area (Å²) >= 11 is 1.47. The van der Waals surface area contributed by atoms with Crippen LogP contribution in [-0.4, -0.2) is 40.0 Å². The molecule has 5 nitrogen and oxygen atoms in total. The standard InChI is InChI=1S/C18H19FN2O3S/c1-18(17(23)24)6-7-21(11-18)16(22)9-14-10-25-15(20-14)8-12-2-4-13(19)5-3-12/h2-5,10H,6-9,11H2,1H3,(H,23,24). The highest BCUT2D eigenvalue weighted by Gasteiger charge is 2.42. The molecular weight excluding hydrogens is 343 g/mol. The van der Waals surface area contributed by atoms with E-state index in [1.54, 1.807) is 24.0 Å². The van der Waals surface area contributed by atoms with E-state index < -0.39 is 11.4 Å². The minimum Gasteiger partial charge on any atom is -0.481 e. The molecule has 0 bridgehead atoms. The summed E-state index contributed by atoms with van der Waals surface area (Å²) in [6.45, 7) is 2.38. The molecule has 0 aliphatic carbocycles. The number of amides is 1. The third kappa shape index (κ3) is 4.04. The number of carbonyl (C=O) groups is 2. The molecule has 1 aromatic carbocycles. The maximum Gasteiger partial charge on any atom is 0.311 e. The van der Waals surface area contributed by atoms with E-state index in [1.807, 2.05) is 5.38 Å². The molecule has 2 heterocycles. The Morgan fingerprint density at radius 1 is 1.36 bits per heavy atom. The molecule has 1 amide bonds. The molecule has 0 saturated carbocycles. The SMILES string of the molecule is CC1(C(=O)O)CCN(C(=O)Cc2csc(Cc3ccc(F)cc3)n2)C1. The van der Waals surface area contributed by atoms with Gasteiger partial charge in [0.25, 0.3) is 0 Å². The van der Waals surface area contributed by atoms with E-state index in [-0.39, 0.29) is 24.7 Å². The Hall–Kier alpha value is -2.28. The van der Waals surface area contributed by atoms with Crippen molar-refractivity contribution >= 4 is 23.2 Å². The predicted octanol–water partition coefficient (Wildman–Crippen LogP) is 2.74. The maximum atomic E-state index is 12.9. The third-order valence-corrected chi connectivity index (χ3v) is 5.44. The van der Waals surface area contributed by atoms with Crippen LogP contribution in [0.5, 0.6) is 0 Å². The van der Waals surface area contributed by atoms with Gasteiger partial charge in [0.05, 0.1) is 22.5 Å². The summed E-state index contributed by atoms with van der Waals surface area (Å²) in [4.78, 5) is 29.7. The first-order valence-electron chi connectivity index (χ1n) is 8.05. The van der Waals surface area contributed by atoms with Crippen LogP contribution >= 0.6 is 11.3 Å². The predicted molar refractivity (Wildman–Crippen MR) is 92.0 cm³/mol. The molecule has 1 saturated heterocycles. The molecule has 0 radical (unpaired) electrons. The molecule has 1 fully saturated rings. The number of nitrogens with zero attached hydrogens (tertiary/aromatic N) is 2. The van der Waals surface area contributed by atoms with Gasteiger partial charge in [0, 0.05) is 24.9 Å². The lowest BCUT2D eigenvalue weighted by molar-refractivity contribution is -0.147. The highest BCUT2D eigenvalue weighted by Crippen LogP contribution is 2.30. The molecule has 0 spiro atoms. The van der Waals surface area contributed by atoms with E-state index in [2.05, 4.69) is 4.98 Å². The summed E-state index contributed by atoms with van der Waals surface area (Å²) in [7, 11) is 0. The van der Waals surface area contributed by atoms with Gasteiger partial charge in [-0.05, 0) is 31.0 Å². The zero-order chi connectivity index (χ0) is 18.0. The Morgan fingerprint density at radius 2 is 2.08 bits per heavy atom. The molecule has 1 N–H and O–H groups in total. The van der Waals surface area contributed by atoms with Crippen LogP contribution in [0.1, 0.15) is 29.6 Å². The molecule has 25 heavy (non-hydrogen) atoms. The van der Waals surface area contributed by atoms with Crippen molar-refractivity contribution in [2.24, 2.45) is 5.41 Å². The number of thiazole rings is 1. The Labute approximate surface area is 149 Å². The number of benzene rings is 1. The number of likely N-dealkylation sites (tertiary alicyclic amines) is 1. The Balaban J connectivity index is 1.59. The van der Waals surface area contributed by atoms with E-state index >= 15 is 0 Å². The number of rotatable bonds is 5. The third-order valence-electron chi connectivity index (χ3n) is 4.54. The zero-order valence-corrected chi connectivity index (χ0v) is 14.7. The molecule has 1 aromatic heterocycles. The summed E-state index contributed by atoms with van der Waals surface area (Å²) in [6, 6.07) is 6.28. The van der Waals surface area contributed by atoms with Crippen molar-refractivity contribution in [3.05, 3.63) is 51.7 Å². The van der Waals surface area contributed by atoms with E-state index in [9.17, 15) is 19.1 Å². The normalized spacial score (nSPS) is 20.0. The minimum absolute atomic E-state index is 0.0939. The average molecular weight is 362 g/mol. The van der Waals surface area contributed by atoms with Crippen LogP contribution in [-0.2, 0) is 22.4 Å². The van der Waals surface area contributed by atoms with Crippen LogP contribution in [0.15, 0.2) is 29.6 Å². The van der Waals surface area contributed by atoms with Crippen molar-refractivity contribution in [1.29, 1.82) is 0 Å². The van der Waals surface area contributed by atoms with E-state index in [0.29, 0.717) is 25.1 Å². The summed E-state index contributed by atoms with van der Waals surface area (Å²) in [5.74, 6) is -1.23. The number of carboxylic acid groups (broad SMARTS) is 1. The Kier molecular flexibility index (Phi) is 4.85. The lowest BCUT2D eigenvalue weighted by Crippen LogP contribution is -2.35. The summed E-state index contributed by atoms with van der Waals surface area (Å²) in [5.41, 5.74) is 0.798. The first-order chi connectivity index (χ1) is 11.9. The highest BCUT2D eigenvalue weighted by atomic mass is 32.1. The molecule has 3 rings (SSSR count). The number of carboxylic acids is 1. The van der Waals surface area contributed by atoms with Gasteiger partial charge in [0.2, 0.25) is 5.91 Å². The number of aliphatic carboxylic acids is 1. The van der Waals surface area contributed by atoms with Gasteiger partial charge in [-0.1, -0.05) is 12.1 Å². The van der Waals surface area contributed by atoms with Crippen molar-refractivity contribution in [3.63, 3.8) is 0 Å². The molecule has 1 atom stereocenters. The minimum atomic E-state index is -0.863. The monoisotopic (exact) mass is 362 g/mol. The fourth-order valence-corrected chi connectivity index (χ4v) is 3.73. The lowest BCUT2D eigenvalue weighted by atomic mass is 9.90. The number of hydrogen-bond acceptors (Lipinski definition) is 4. The van der Waals surface area contributed by atoms with Gasteiger partial charge in [-0.2, -0.15) is 0 Å². The van der Waals surface area contributed by atoms with E-state index in [0.717, 1.165) is 10.6 Å². The maximum absolute atomic E-state index is 12.9. The van der Waals surface area contributed by atoms with Gasteiger partial charge in [-0.25, -0.2) is 9.37 Å². The molecule has 132 valence electrons.